The SMILES string of the molecule is CC1CCN(CCOc2ccc(Cl)cc2Br)CC1CN. The van der Waals surface area contributed by atoms with Crippen LogP contribution in [0.4, 0.5) is 0 Å². The first-order valence-corrected chi connectivity index (χ1v) is 8.27. The smallest absolute Gasteiger partial charge is 0.133 e. The molecule has 5 heteroatoms. The highest BCUT2D eigenvalue weighted by molar-refractivity contribution is 9.10. The highest BCUT2D eigenvalue weighted by Crippen LogP contribution is 2.28. The number of piperidine rings is 1. The molecule has 2 N–H and O–H groups in total. The van der Waals surface area contributed by atoms with Gasteiger partial charge in [-0.1, -0.05) is 18.5 Å². The van der Waals surface area contributed by atoms with E-state index in [2.05, 4.69) is 27.8 Å². The van der Waals surface area contributed by atoms with E-state index < -0.39 is 0 Å². The highest BCUT2D eigenvalue weighted by Gasteiger charge is 2.24. The molecule has 0 saturated carbocycles. The molecule has 1 heterocycles. The zero-order valence-electron chi connectivity index (χ0n) is 11.8. The number of nitrogens with two attached hydrogens (primary N) is 1. The normalized spacial score (nSPS) is 23.8. The van der Waals surface area contributed by atoms with Crippen molar-refractivity contribution in [3.8, 4) is 5.75 Å². The lowest BCUT2D eigenvalue weighted by molar-refractivity contribution is 0.114. The van der Waals surface area contributed by atoms with Gasteiger partial charge < -0.3 is 10.5 Å². The molecule has 0 aliphatic carbocycles. The Morgan fingerprint density at radius 1 is 1.50 bits per heavy atom. The Labute approximate surface area is 134 Å². The van der Waals surface area contributed by atoms with E-state index in [4.69, 9.17) is 22.1 Å². The molecule has 20 heavy (non-hydrogen) atoms. The lowest BCUT2D eigenvalue weighted by Gasteiger charge is -2.36. The van der Waals surface area contributed by atoms with E-state index in [-0.39, 0.29) is 0 Å². The van der Waals surface area contributed by atoms with E-state index >= 15 is 0 Å². The molecule has 3 nitrogen and oxygen atoms in total. The molecule has 0 spiro atoms. The van der Waals surface area contributed by atoms with E-state index in [1.807, 2.05) is 18.2 Å². The zero-order valence-corrected chi connectivity index (χ0v) is 14.2. The lowest BCUT2D eigenvalue weighted by atomic mass is 9.87. The number of likely N-dealkylation sites (tertiary alicyclic amines) is 1. The second-order valence-electron chi connectivity index (χ2n) is 5.49. The Bertz CT molecular complexity index is 444. The molecule has 0 bridgehead atoms. The summed E-state index contributed by atoms with van der Waals surface area (Å²) in [7, 11) is 0. The average molecular weight is 362 g/mol. The maximum Gasteiger partial charge on any atom is 0.133 e. The molecule has 112 valence electrons. The summed E-state index contributed by atoms with van der Waals surface area (Å²) in [6.45, 7) is 6.94. The molecule has 1 fully saturated rings. The van der Waals surface area contributed by atoms with Crippen LogP contribution >= 0.6 is 27.5 Å². The molecule has 0 radical (unpaired) electrons. The number of hydrogen-bond acceptors (Lipinski definition) is 3. The van der Waals surface area contributed by atoms with E-state index in [0.29, 0.717) is 17.5 Å². The van der Waals surface area contributed by atoms with E-state index in [9.17, 15) is 0 Å². The van der Waals surface area contributed by atoms with Crippen molar-refractivity contribution in [3.63, 3.8) is 0 Å². The van der Waals surface area contributed by atoms with E-state index in [1.54, 1.807) is 0 Å². The lowest BCUT2D eigenvalue weighted by Crippen LogP contribution is -2.44. The number of ether oxygens (including phenoxy) is 1. The number of nitrogens with zero attached hydrogens (tertiary/aromatic N) is 1. The number of benzene rings is 1. The molecular formula is C15H22BrClN2O. The minimum atomic E-state index is 0.617. The summed E-state index contributed by atoms with van der Waals surface area (Å²) >= 11 is 9.38. The van der Waals surface area contributed by atoms with Crippen LogP contribution in [-0.2, 0) is 0 Å². The monoisotopic (exact) mass is 360 g/mol. The minimum absolute atomic E-state index is 0.617. The summed E-state index contributed by atoms with van der Waals surface area (Å²) in [6.07, 6.45) is 1.23. The predicted octanol–water partition coefficient (Wildman–Crippen LogP) is 3.40. The Hall–Kier alpha value is -0.290. The summed E-state index contributed by atoms with van der Waals surface area (Å²) in [5.41, 5.74) is 5.83. The molecule has 1 saturated heterocycles. The quantitative estimate of drug-likeness (QED) is 0.873. The molecule has 0 aromatic heterocycles. The molecule has 1 aliphatic heterocycles. The van der Waals surface area contributed by atoms with Gasteiger partial charge in [0.25, 0.3) is 0 Å². The third kappa shape index (κ3) is 4.35. The minimum Gasteiger partial charge on any atom is -0.491 e. The van der Waals surface area contributed by atoms with Gasteiger partial charge in [-0.25, -0.2) is 0 Å². The zero-order chi connectivity index (χ0) is 14.5. The Kier molecular flexibility index (Phi) is 6.15. The van der Waals surface area contributed by atoms with Crippen LogP contribution in [0.1, 0.15) is 13.3 Å². The summed E-state index contributed by atoms with van der Waals surface area (Å²) in [6, 6.07) is 5.59. The molecule has 1 aromatic rings. The van der Waals surface area contributed by atoms with Crippen LogP contribution in [0.3, 0.4) is 0 Å². The van der Waals surface area contributed by atoms with Crippen molar-refractivity contribution in [2.24, 2.45) is 17.6 Å². The van der Waals surface area contributed by atoms with Crippen molar-refractivity contribution in [2.75, 3.05) is 32.8 Å². The van der Waals surface area contributed by atoms with Crippen LogP contribution in [0.2, 0.25) is 5.02 Å². The van der Waals surface area contributed by atoms with Crippen molar-refractivity contribution >= 4 is 27.5 Å². The second kappa shape index (κ2) is 7.64. The molecule has 0 amide bonds. The van der Waals surface area contributed by atoms with Crippen LogP contribution < -0.4 is 10.5 Å². The van der Waals surface area contributed by atoms with Gasteiger partial charge in [0, 0.05) is 18.1 Å². The standard InChI is InChI=1S/C15H22BrClN2O/c1-11-4-5-19(10-12(11)9-18)6-7-20-15-3-2-13(17)8-14(15)16/h2-3,8,11-12H,4-7,9-10,18H2,1H3. The van der Waals surface area contributed by atoms with Gasteiger partial charge in [0.05, 0.1) is 4.47 Å². The largest absolute Gasteiger partial charge is 0.491 e. The van der Waals surface area contributed by atoms with Crippen molar-refractivity contribution in [1.29, 1.82) is 0 Å². The Balaban J connectivity index is 1.78. The van der Waals surface area contributed by atoms with Gasteiger partial charge in [0.1, 0.15) is 12.4 Å². The molecule has 1 aromatic carbocycles. The van der Waals surface area contributed by atoms with E-state index in [1.165, 1.54) is 6.42 Å². The van der Waals surface area contributed by atoms with Gasteiger partial charge in [-0.2, -0.15) is 0 Å². The number of hydrogen-bond donors (Lipinski definition) is 1. The van der Waals surface area contributed by atoms with Gasteiger partial charge in [0.15, 0.2) is 0 Å². The maximum absolute atomic E-state index is 5.91. The van der Waals surface area contributed by atoms with Crippen molar-refractivity contribution in [2.45, 2.75) is 13.3 Å². The average Bonchev–Trinajstić information content (AvgIpc) is 2.43. The molecule has 1 aliphatic rings. The highest BCUT2D eigenvalue weighted by atomic mass is 79.9. The summed E-state index contributed by atoms with van der Waals surface area (Å²) in [5, 5.41) is 0.708. The second-order valence-corrected chi connectivity index (χ2v) is 6.78. The topological polar surface area (TPSA) is 38.5 Å². The summed E-state index contributed by atoms with van der Waals surface area (Å²) in [5.74, 6) is 2.20. The fourth-order valence-electron chi connectivity index (χ4n) is 2.61. The molecular weight excluding hydrogens is 340 g/mol. The van der Waals surface area contributed by atoms with Crippen molar-refractivity contribution in [3.05, 3.63) is 27.7 Å². The third-order valence-electron chi connectivity index (χ3n) is 4.06. The van der Waals surface area contributed by atoms with Gasteiger partial charge in [0.2, 0.25) is 0 Å². The fourth-order valence-corrected chi connectivity index (χ4v) is 3.41. The molecule has 2 atom stereocenters. The first-order valence-electron chi connectivity index (χ1n) is 7.10. The fraction of sp³-hybridized carbons (Fsp3) is 0.600. The third-order valence-corrected chi connectivity index (χ3v) is 4.91. The van der Waals surface area contributed by atoms with Gasteiger partial charge in [-0.15, -0.1) is 0 Å². The number of halogens is 2. The molecule has 2 rings (SSSR count). The van der Waals surface area contributed by atoms with Crippen molar-refractivity contribution < 1.29 is 4.74 Å². The van der Waals surface area contributed by atoms with Crippen LogP contribution in [0, 0.1) is 11.8 Å². The summed E-state index contributed by atoms with van der Waals surface area (Å²) < 4.78 is 6.71. The van der Waals surface area contributed by atoms with Crippen LogP contribution in [0.5, 0.6) is 5.75 Å². The molecule has 2 unspecified atom stereocenters. The summed E-state index contributed by atoms with van der Waals surface area (Å²) in [4.78, 5) is 2.45. The Morgan fingerprint density at radius 3 is 3.00 bits per heavy atom. The van der Waals surface area contributed by atoms with Crippen LogP contribution in [0.15, 0.2) is 22.7 Å². The van der Waals surface area contributed by atoms with Gasteiger partial charge in [-0.05, 0) is 65.5 Å². The number of rotatable bonds is 5. The Morgan fingerprint density at radius 2 is 2.30 bits per heavy atom. The maximum atomic E-state index is 5.91. The van der Waals surface area contributed by atoms with Crippen LogP contribution in [-0.4, -0.2) is 37.7 Å². The van der Waals surface area contributed by atoms with Gasteiger partial charge >= 0.3 is 0 Å². The van der Waals surface area contributed by atoms with Gasteiger partial charge in [-0.3, -0.25) is 4.90 Å². The predicted molar refractivity (Wildman–Crippen MR) is 87.4 cm³/mol. The first kappa shape index (κ1) is 16.1. The first-order chi connectivity index (χ1) is 9.60. The van der Waals surface area contributed by atoms with Crippen molar-refractivity contribution in [1.82, 2.24) is 4.90 Å². The van der Waals surface area contributed by atoms with Crippen LogP contribution in [0.25, 0.3) is 0 Å². The van der Waals surface area contributed by atoms with E-state index in [0.717, 1.165) is 42.3 Å².